The van der Waals surface area contributed by atoms with Crippen LogP contribution < -0.4 is 10.0 Å². The predicted octanol–water partition coefficient (Wildman–Crippen LogP) is 4.68. The number of aryl methyl sites for hydroxylation is 2. The second-order valence-electron chi connectivity index (χ2n) is 7.51. The van der Waals surface area contributed by atoms with Crippen LogP contribution in [0.4, 0.5) is 15.8 Å². The summed E-state index contributed by atoms with van der Waals surface area (Å²) in [7, 11) is -3.88. The van der Waals surface area contributed by atoms with E-state index in [1.807, 2.05) is 13.0 Å². The normalized spacial score (nSPS) is 11.2. The molecule has 33 heavy (non-hydrogen) atoms. The van der Waals surface area contributed by atoms with Crippen molar-refractivity contribution < 1.29 is 17.6 Å². The summed E-state index contributed by atoms with van der Waals surface area (Å²) in [4.78, 5) is 12.7. The van der Waals surface area contributed by atoms with Gasteiger partial charge in [0, 0.05) is 17.6 Å². The van der Waals surface area contributed by atoms with Gasteiger partial charge >= 0.3 is 0 Å². The molecule has 4 aromatic rings. The minimum Gasteiger partial charge on any atom is -0.321 e. The van der Waals surface area contributed by atoms with Gasteiger partial charge in [-0.05, 0) is 67.4 Å². The fraction of sp³-hybridized carbons (Fsp3) is 0.0833. The molecule has 0 saturated carbocycles. The number of nitrogens with zero attached hydrogens (tertiary/aromatic N) is 2. The smallest absolute Gasteiger partial charge is 0.276 e. The lowest BCUT2D eigenvalue weighted by atomic mass is 10.2. The zero-order valence-electron chi connectivity index (χ0n) is 17.9. The Kier molecular flexibility index (Phi) is 5.97. The van der Waals surface area contributed by atoms with Crippen LogP contribution in [0.5, 0.6) is 0 Å². The zero-order chi connectivity index (χ0) is 23.6. The van der Waals surface area contributed by atoms with E-state index in [2.05, 4.69) is 15.1 Å². The lowest BCUT2D eigenvalue weighted by Gasteiger charge is -2.13. The standard InChI is InChI=1S/C24H21FN4O3S/c1-16-6-5-7-19(14-16)28-33(31,32)23-15-18(11-10-17(23)2)26-24(30)21-12-13-29(27-21)22-9-4-3-8-20(22)25/h3-15,28H,1-2H3,(H,26,30). The van der Waals surface area contributed by atoms with E-state index in [-0.39, 0.29) is 22.0 Å². The van der Waals surface area contributed by atoms with Gasteiger partial charge in [-0.1, -0.05) is 30.3 Å². The number of nitrogens with one attached hydrogen (secondary N) is 2. The highest BCUT2D eigenvalue weighted by atomic mass is 32.2. The van der Waals surface area contributed by atoms with Crippen molar-refractivity contribution in [3.05, 3.63) is 102 Å². The van der Waals surface area contributed by atoms with Crippen molar-refractivity contribution in [2.45, 2.75) is 18.7 Å². The van der Waals surface area contributed by atoms with Gasteiger partial charge in [-0.25, -0.2) is 17.5 Å². The summed E-state index contributed by atoms with van der Waals surface area (Å²) in [5.74, 6) is -1.02. The molecule has 2 N–H and O–H groups in total. The van der Waals surface area contributed by atoms with Crippen LogP contribution >= 0.6 is 0 Å². The second kappa shape index (κ2) is 8.87. The van der Waals surface area contributed by atoms with Crippen molar-refractivity contribution in [2.24, 2.45) is 0 Å². The van der Waals surface area contributed by atoms with Crippen LogP contribution in [0.15, 0.2) is 83.9 Å². The van der Waals surface area contributed by atoms with Crippen LogP contribution in [0.25, 0.3) is 5.69 Å². The number of rotatable bonds is 6. The Bertz CT molecular complexity index is 1450. The third-order valence-corrected chi connectivity index (χ3v) is 6.45. The predicted molar refractivity (Wildman–Crippen MR) is 125 cm³/mol. The molecule has 0 radical (unpaired) electrons. The molecule has 0 aliphatic carbocycles. The third kappa shape index (κ3) is 4.93. The lowest BCUT2D eigenvalue weighted by molar-refractivity contribution is 0.102. The number of sulfonamides is 1. The van der Waals surface area contributed by atoms with Crippen molar-refractivity contribution in [3.63, 3.8) is 0 Å². The van der Waals surface area contributed by atoms with E-state index in [9.17, 15) is 17.6 Å². The van der Waals surface area contributed by atoms with Gasteiger partial charge in [0.15, 0.2) is 5.69 Å². The van der Waals surface area contributed by atoms with E-state index < -0.39 is 21.7 Å². The van der Waals surface area contributed by atoms with E-state index >= 15 is 0 Å². The lowest BCUT2D eigenvalue weighted by Crippen LogP contribution is -2.16. The number of anilines is 2. The largest absolute Gasteiger partial charge is 0.321 e. The van der Waals surface area contributed by atoms with E-state index in [0.717, 1.165) is 5.56 Å². The van der Waals surface area contributed by atoms with Crippen LogP contribution in [-0.2, 0) is 10.0 Å². The van der Waals surface area contributed by atoms with Crippen molar-refractivity contribution >= 4 is 27.3 Å². The minimum absolute atomic E-state index is 0.0405. The molecule has 0 fully saturated rings. The van der Waals surface area contributed by atoms with E-state index in [0.29, 0.717) is 11.3 Å². The first-order valence-corrected chi connectivity index (χ1v) is 11.5. The number of benzene rings is 3. The van der Waals surface area contributed by atoms with Gasteiger partial charge in [0.1, 0.15) is 11.5 Å². The molecule has 0 atom stereocenters. The van der Waals surface area contributed by atoms with Crippen LogP contribution in [0.3, 0.4) is 0 Å². The van der Waals surface area contributed by atoms with Gasteiger partial charge in [-0.2, -0.15) is 5.10 Å². The first-order valence-electron chi connectivity index (χ1n) is 10.0. The fourth-order valence-electron chi connectivity index (χ4n) is 3.30. The maximum Gasteiger partial charge on any atom is 0.276 e. The summed E-state index contributed by atoms with van der Waals surface area (Å²) in [6.07, 6.45) is 1.48. The van der Waals surface area contributed by atoms with Crippen molar-refractivity contribution in [1.29, 1.82) is 0 Å². The summed E-state index contributed by atoms with van der Waals surface area (Å²) in [5, 5.41) is 6.77. The number of hydrogen-bond donors (Lipinski definition) is 2. The zero-order valence-corrected chi connectivity index (χ0v) is 18.7. The average molecular weight is 465 g/mol. The molecule has 4 rings (SSSR count). The highest BCUT2D eigenvalue weighted by Crippen LogP contribution is 2.24. The van der Waals surface area contributed by atoms with Crippen LogP contribution in [-0.4, -0.2) is 24.1 Å². The van der Waals surface area contributed by atoms with Gasteiger partial charge in [-0.15, -0.1) is 0 Å². The Labute approximate surface area is 190 Å². The topological polar surface area (TPSA) is 93.1 Å². The van der Waals surface area contributed by atoms with Gasteiger partial charge in [0.25, 0.3) is 15.9 Å². The molecular formula is C24H21FN4O3S. The Morgan fingerprint density at radius 2 is 1.73 bits per heavy atom. The third-order valence-electron chi connectivity index (χ3n) is 4.93. The molecular weight excluding hydrogens is 443 g/mol. The van der Waals surface area contributed by atoms with Gasteiger partial charge < -0.3 is 5.32 Å². The summed E-state index contributed by atoms with van der Waals surface area (Å²) in [6.45, 7) is 3.54. The van der Waals surface area contributed by atoms with Gasteiger partial charge in [-0.3, -0.25) is 9.52 Å². The second-order valence-corrected chi connectivity index (χ2v) is 9.16. The molecule has 1 aromatic heterocycles. The van der Waals surface area contributed by atoms with Gasteiger partial charge in [0.05, 0.1) is 4.90 Å². The number of carbonyl (C=O) groups excluding carboxylic acids is 1. The Morgan fingerprint density at radius 3 is 2.48 bits per heavy atom. The van der Waals surface area contributed by atoms with Crippen molar-refractivity contribution in [1.82, 2.24) is 9.78 Å². The first-order chi connectivity index (χ1) is 15.7. The molecule has 3 aromatic carbocycles. The molecule has 1 heterocycles. The summed E-state index contributed by atoms with van der Waals surface area (Å²) >= 11 is 0. The quantitative estimate of drug-likeness (QED) is 0.433. The summed E-state index contributed by atoms with van der Waals surface area (Å²) in [6, 6.07) is 19.1. The Hall–Kier alpha value is -3.98. The van der Waals surface area contributed by atoms with Crippen LogP contribution in [0.2, 0.25) is 0 Å². The SMILES string of the molecule is Cc1cccc(NS(=O)(=O)c2cc(NC(=O)c3ccn(-c4ccccc4F)n3)ccc2C)c1. The Morgan fingerprint density at radius 1 is 0.939 bits per heavy atom. The fourth-order valence-corrected chi connectivity index (χ4v) is 4.62. The number of aromatic nitrogens is 2. The summed E-state index contributed by atoms with van der Waals surface area (Å²) < 4.78 is 43.7. The monoisotopic (exact) mass is 464 g/mol. The number of halogens is 1. The molecule has 0 unspecified atom stereocenters. The molecule has 0 spiro atoms. The van der Waals surface area contributed by atoms with Crippen molar-refractivity contribution in [3.8, 4) is 5.69 Å². The molecule has 0 saturated heterocycles. The first kappa shape index (κ1) is 22.2. The molecule has 168 valence electrons. The Balaban J connectivity index is 1.56. The van der Waals surface area contributed by atoms with Crippen molar-refractivity contribution in [2.75, 3.05) is 10.0 Å². The molecule has 7 nitrogen and oxygen atoms in total. The van der Waals surface area contributed by atoms with Gasteiger partial charge in [0.2, 0.25) is 0 Å². The molecule has 0 bridgehead atoms. The summed E-state index contributed by atoms with van der Waals surface area (Å²) in [5.41, 5.74) is 2.45. The van der Waals surface area contributed by atoms with E-state index in [1.165, 1.54) is 29.1 Å². The van der Waals surface area contributed by atoms with Crippen LogP contribution in [0.1, 0.15) is 21.6 Å². The molecule has 0 aliphatic heterocycles. The molecule has 1 amide bonds. The highest BCUT2D eigenvalue weighted by Gasteiger charge is 2.19. The number of hydrogen-bond acceptors (Lipinski definition) is 4. The maximum absolute atomic E-state index is 14.0. The number of amides is 1. The number of para-hydroxylation sites is 1. The average Bonchev–Trinajstić information content (AvgIpc) is 3.25. The van der Waals surface area contributed by atoms with E-state index in [4.69, 9.17) is 0 Å². The molecule has 0 aliphatic rings. The number of carbonyl (C=O) groups is 1. The van der Waals surface area contributed by atoms with E-state index in [1.54, 1.807) is 55.5 Å². The highest BCUT2D eigenvalue weighted by molar-refractivity contribution is 7.92. The van der Waals surface area contributed by atoms with Crippen LogP contribution in [0, 0.1) is 19.7 Å². The minimum atomic E-state index is -3.88. The molecule has 9 heteroatoms. The maximum atomic E-state index is 14.0.